The fourth-order valence-corrected chi connectivity index (χ4v) is 3.05. The van der Waals surface area contributed by atoms with Gasteiger partial charge in [-0.05, 0) is 29.8 Å². The van der Waals surface area contributed by atoms with Gasteiger partial charge in [-0.2, -0.15) is 0 Å². The highest BCUT2D eigenvalue weighted by Gasteiger charge is 2.22. The number of carbonyl (C=O) groups is 1. The first kappa shape index (κ1) is 16.9. The van der Waals surface area contributed by atoms with Crippen LogP contribution in [-0.4, -0.2) is 37.0 Å². The summed E-state index contributed by atoms with van der Waals surface area (Å²) in [7, 11) is 0. The van der Waals surface area contributed by atoms with Crippen molar-refractivity contribution in [1.29, 1.82) is 0 Å². The number of carbonyl (C=O) groups excluding carboxylic acids is 1. The molecule has 2 aromatic carbocycles. The largest absolute Gasteiger partial charge is 0.368 e. The maximum Gasteiger partial charge on any atom is 0.227 e. The van der Waals surface area contributed by atoms with Crippen LogP contribution >= 0.6 is 15.9 Å². The van der Waals surface area contributed by atoms with Crippen molar-refractivity contribution >= 4 is 27.5 Å². The van der Waals surface area contributed by atoms with Gasteiger partial charge in [0.1, 0.15) is 0 Å². The Morgan fingerprint density at radius 2 is 1.62 bits per heavy atom. The summed E-state index contributed by atoms with van der Waals surface area (Å²) in [6.45, 7) is 2.37. The molecule has 1 fully saturated rings. The minimum atomic E-state index is -0.846. The van der Waals surface area contributed by atoms with E-state index in [1.54, 1.807) is 6.07 Å². The van der Waals surface area contributed by atoms with Gasteiger partial charge >= 0.3 is 0 Å². The predicted octanol–water partition coefficient (Wildman–Crippen LogP) is 3.62. The second kappa shape index (κ2) is 7.30. The number of amides is 1. The van der Waals surface area contributed by atoms with Crippen molar-refractivity contribution in [3.8, 4) is 0 Å². The van der Waals surface area contributed by atoms with E-state index in [9.17, 15) is 13.6 Å². The molecule has 0 aromatic heterocycles. The van der Waals surface area contributed by atoms with Crippen LogP contribution in [0.5, 0.6) is 0 Å². The van der Waals surface area contributed by atoms with E-state index in [0.29, 0.717) is 38.3 Å². The summed E-state index contributed by atoms with van der Waals surface area (Å²) in [4.78, 5) is 16.2. The van der Waals surface area contributed by atoms with Gasteiger partial charge in [-0.1, -0.05) is 28.1 Å². The summed E-state index contributed by atoms with van der Waals surface area (Å²) < 4.78 is 27.3. The van der Waals surface area contributed by atoms with Crippen molar-refractivity contribution in [2.75, 3.05) is 31.1 Å². The van der Waals surface area contributed by atoms with Crippen LogP contribution in [0.15, 0.2) is 46.9 Å². The van der Waals surface area contributed by atoms with E-state index in [4.69, 9.17) is 0 Å². The van der Waals surface area contributed by atoms with E-state index in [1.165, 1.54) is 6.07 Å². The summed E-state index contributed by atoms with van der Waals surface area (Å²) in [5.41, 5.74) is 1.63. The van der Waals surface area contributed by atoms with Gasteiger partial charge < -0.3 is 9.80 Å². The van der Waals surface area contributed by atoms with E-state index in [-0.39, 0.29) is 5.91 Å². The molecule has 126 valence electrons. The number of piperazine rings is 1. The van der Waals surface area contributed by atoms with E-state index in [0.717, 1.165) is 16.1 Å². The molecule has 24 heavy (non-hydrogen) atoms. The Balaban J connectivity index is 1.57. The lowest BCUT2D eigenvalue weighted by atomic mass is 10.1. The van der Waals surface area contributed by atoms with Crippen LogP contribution in [0, 0.1) is 11.6 Å². The van der Waals surface area contributed by atoms with Crippen LogP contribution in [-0.2, 0) is 11.2 Å². The Kier molecular flexibility index (Phi) is 5.14. The van der Waals surface area contributed by atoms with Crippen molar-refractivity contribution in [2.45, 2.75) is 6.42 Å². The molecule has 2 aromatic rings. The normalized spacial score (nSPS) is 14.8. The molecule has 1 saturated heterocycles. The van der Waals surface area contributed by atoms with Crippen molar-refractivity contribution in [3.05, 3.63) is 64.1 Å². The lowest BCUT2D eigenvalue weighted by molar-refractivity contribution is -0.130. The fourth-order valence-electron chi connectivity index (χ4n) is 2.78. The molecule has 1 amide bonds. The van der Waals surface area contributed by atoms with Gasteiger partial charge in [0.2, 0.25) is 5.91 Å². The maximum atomic E-state index is 13.3. The second-order valence-electron chi connectivity index (χ2n) is 5.77. The molecule has 0 saturated carbocycles. The molecule has 0 N–H and O–H groups in total. The molecular weight excluding hydrogens is 378 g/mol. The quantitative estimate of drug-likeness (QED) is 0.793. The van der Waals surface area contributed by atoms with E-state index < -0.39 is 11.6 Å². The molecule has 0 spiro atoms. The molecular formula is C18H17BrF2N2O. The number of halogens is 3. The summed E-state index contributed by atoms with van der Waals surface area (Å²) >= 11 is 3.38. The highest BCUT2D eigenvalue weighted by Crippen LogP contribution is 2.20. The Morgan fingerprint density at radius 3 is 2.25 bits per heavy atom. The first-order valence-corrected chi connectivity index (χ1v) is 8.54. The van der Waals surface area contributed by atoms with Crippen LogP contribution in [0.4, 0.5) is 14.5 Å². The van der Waals surface area contributed by atoms with Gasteiger partial charge in [0.25, 0.3) is 0 Å². The molecule has 0 atom stereocenters. The summed E-state index contributed by atoms with van der Waals surface area (Å²) in [6.07, 6.45) is 0.373. The van der Waals surface area contributed by atoms with E-state index in [2.05, 4.69) is 15.9 Å². The zero-order valence-electron chi connectivity index (χ0n) is 13.0. The second-order valence-corrected chi connectivity index (χ2v) is 6.69. The molecule has 3 nitrogen and oxygen atoms in total. The van der Waals surface area contributed by atoms with Gasteiger partial charge in [0.05, 0.1) is 6.42 Å². The first-order chi connectivity index (χ1) is 11.5. The van der Waals surface area contributed by atoms with Crippen molar-refractivity contribution in [1.82, 2.24) is 4.90 Å². The number of rotatable bonds is 3. The van der Waals surface area contributed by atoms with Crippen molar-refractivity contribution in [2.24, 2.45) is 0 Å². The van der Waals surface area contributed by atoms with Gasteiger partial charge in [-0.25, -0.2) is 8.78 Å². The zero-order chi connectivity index (χ0) is 17.1. The average Bonchev–Trinajstić information content (AvgIpc) is 2.59. The zero-order valence-corrected chi connectivity index (χ0v) is 14.6. The van der Waals surface area contributed by atoms with Crippen LogP contribution in [0.3, 0.4) is 0 Å². The average molecular weight is 395 g/mol. The molecule has 1 aliphatic heterocycles. The number of benzene rings is 2. The number of anilines is 1. The highest BCUT2D eigenvalue weighted by atomic mass is 79.9. The summed E-state index contributed by atoms with van der Waals surface area (Å²) in [5.74, 6) is -1.61. The maximum absolute atomic E-state index is 13.3. The van der Waals surface area contributed by atoms with E-state index >= 15 is 0 Å². The molecule has 0 unspecified atom stereocenters. The van der Waals surface area contributed by atoms with Crippen molar-refractivity contribution < 1.29 is 13.6 Å². The van der Waals surface area contributed by atoms with Gasteiger partial charge in [-0.15, -0.1) is 0 Å². The summed E-state index contributed by atoms with van der Waals surface area (Å²) in [6, 6.07) is 11.6. The third-order valence-corrected chi connectivity index (χ3v) is 4.70. The minimum absolute atomic E-state index is 0.0854. The Hall–Kier alpha value is -1.95. The lowest BCUT2D eigenvalue weighted by Crippen LogP contribution is -2.49. The van der Waals surface area contributed by atoms with Crippen LogP contribution in [0.2, 0.25) is 0 Å². The monoisotopic (exact) mass is 394 g/mol. The number of nitrogens with zero attached hydrogens (tertiary/aromatic N) is 2. The van der Waals surface area contributed by atoms with Gasteiger partial charge in [0, 0.05) is 42.4 Å². The van der Waals surface area contributed by atoms with Gasteiger partial charge in [-0.3, -0.25) is 4.79 Å². The Labute approximate surface area is 148 Å². The van der Waals surface area contributed by atoms with Crippen molar-refractivity contribution in [3.63, 3.8) is 0 Å². The number of hydrogen-bond acceptors (Lipinski definition) is 2. The van der Waals surface area contributed by atoms with Crippen LogP contribution < -0.4 is 4.90 Å². The lowest BCUT2D eigenvalue weighted by Gasteiger charge is -2.36. The summed E-state index contributed by atoms with van der Waals surface area (Å²) in [5, 5.41) is 0. The molecule has 0 bridgehead atoms. The van der Waals surface area contributed by atoms with E-state index in [1.807, 2.05) is 34.1 Å². The molecule has 0 radical (unpaired) electrons. The van der Waals surface area contributed by atoms with Gasteiger partial charge in [0.15, 0.2) is 11.6 Å². The molecule has 0 aliphatic carbocycles. The smallest absolute Gasteiger partial charge is 0.227 e. The Morgan fingerprint density at radius 1 is 0.958 bits per heavy atom. The third kappa shape index (κ3) is 3.93. The fraction of sp³-hybridized carbons (Fsp3) is 0.278. The molecule has 6 heteroatoms. The highest BCUT2D eigenvalue weighted by molar-refractivity contribution is 9.10. The van der Waals surface area contributed by atoms with Crippen LogP contribution in [0.25, 0.3) is 0 Å². The third-order valence-electron chi connectivity index (χ3n) is 4.17. The minimum Gasteiger partial charge on any atom is -0.368 e. The topological polar surface area (TPSA) is 23.6 Å². The number of hydrogen-bond donors (Lipinski definition) is 0. The van der Waals surface area contributed by atoms with Crippen LogP contribution in [0.1, 0.15) is 5.56 Å². The SMILES string of the molecule is O=C(Cc1ccc(Br)cc1)N1CCN(c2ccc(F)c(F)c2)CC1. The molecule has 1 aliphatic rings. The predicted molar refractivity (Wildman–Crippen MR) is 93.0 cm³/mol. The first-order valence-electron chi connectivity index (χ1n) is 7.75. The molecule has 3 rings (SSSR count). The standard InChI is InChI=1S/C18H17BrF2N2O/c19-14-3-1-13(2-4-14)11-18(24)23-9-7-22(8-10-23)15-5-6-16(20)17(21)12-15/h1-6,12H,7-11H2. The molecule has 1 heterocycles. The Bertz CT molecular complexity index is 728.